The summed E-state index contributed by atoms with van der Waals surface area (Å²) in [6, 6.07) is 16.8. The maximum absolute atomic E-state index is 11.7. The van der Waals surface area contributed by atoms with Crippen molar-refractivity contribution >= 4 is 11.6 Å². The molecule has 0 aliphatic carbocycles. The van der Waals surface area contributed by atoms with E-state index in [2.05, 4.69) is 10.6 Å². The van der Waals surface area contributed by atoms with Gasteiger partial charge in [0.25, 0.3) is 0 Å². The quantitative estimate of drug-likeness (QED) is 0.736. The number of nitrogens with one attached hydrogen (secondary N) is 2. The molecule has 0 bridgehead atoms. The van der Waals surface area contributed by atoms with Crippen LogP contribution in [-0.2, 0) is 9.53 Å². The Labute approximate surface area is 130 Å². The zero-order valence-electron chi connectivity index (χ0n) is 12.5. The highest BCUT2D eigenvalue weighted by molar-refractivity contribution is 5.92. The number of hydrogen-bond acceptors (Lipinski definition) is 4. The van der Waals surface area contributed by atoms with E-state index < -0.39 is 0 Å². The number of ether oxygens (including phenoxy) is 2. The van der Waals surface area contributed by atoms with Crippen molar-refractivity contribution in [1.29, 1.82) is 0 Å². The first-order valence-corrected chi connectivity index (χ1v) is 7.10. The highest BCUT2D eigenvalue weighted by atomic mass is 16.5. The minimum Gasteiger partial charge on any atom is -0.457 e. The van der Waals surface area contributed by atoms with Gasteiger partial charge in [-0.05, 0) is 36.4 Å². The van der Waals surface area contributed by atoms with E-state index in [1.807, 2.05) is 54.6 Å². The number of carbonyl (C=O) groups excluding carboxylic acids is 1. The van der Waals surface area contributed by atoms with Gasteiger partial charge in [0.2, 0.25) is 5.91 Å². The second-order valence-corrected chi connectivity index (χ2v) is 4.66. The van der Waals surface area contributed by atoms with E-state index >= 15 is 0 Å². The van der Waals surface area contributed by atoms with Gasteiger partial charge in [0.05, 0.1) is 13.2 Å². The van der Waals surface area contributed by atoms with Crippen molar-refractivity contribution in [3.63, 3.8) is 0 Å². The third kappa shape index (κ3) is 5.55. The van der Waals surface area contributed by atoms with Crippen LogP contribution in [0.25, 0.3) is 0 Å². The van der Waals surface area contributed by atoms with Crippen molar-refractivity contribution in [2.45, 2.75) is 0 Å². The Morgan fingerprint density at radius 1 is 1.00 bits per heavy atom. The Morgan fingerprint density at radius 3 is 2.36 bits per heavy atom. The molecular formula is C17H20N2O3. The van der Waals surface area contributed by atoms with Crippen LogP contribution >= 0.6 is 0 Å². The standard InChI is InChI=1S/C17H20N2O3/c1-21-12-11-18-13-17(20)19-14-7-9-16(10-8-14)22-15-5-3-2-4-6-15/h2-10,18H,11-13H2,1H3,(H,19,20). The number of methoxy groups -OCH3 is 1. The normalized spacial score (nSPS) is 10.2. The maximum atomic E-state index is 11.7. The summed E-state index contributed by atoms with van der Waals surface area (Å²) in [6.07, 6.45) is 0. The molecule has 0 unspecified atom stereocenters. The van der Waals surface area contributed by atoms with E-state index in [-0.39, 0.29) is 12.5 Å². The Hall–Kier alpha value is -2.37. The van der Waals surface area contributed by atoms with E-state index in [9.17, 15) is 4.79 Å². The molecule has 0 aliphatic rings. The van der Waals surface area contributed by atoms with E-state index in [0.717, 1.165) is 17.2 Å². The van der Waals surface area contributed by atoms with Crippen molar-refractivity contribution in [2.75, 3.05) is 32.1 Å². The summed E-state index contributed by atoms with van der Waals surface area (Å²) >= 11 is 0. The van der Waals surface area contributed by atoms with Gasteiger partial charge < -0.3 is 20.1 Å². The highest BCUT2D eigenvalue weighted by Gasteiger charge is 2.02. The zero-order chi connectivity index (χ0) is 15.6. The molecule has 2 aromatic carbocycles. The number of hydrogen-bond donors (Lipinski definition) is 2. The molecule has 0 fully saturated rings. The molecule has 0 atom stereocenters. The van der Waals surface area contributed by atoms with Crippen molar-refractivity contribution in [2.24, 2.45) is 0 Å². The lowest BCUT2D eigenvalue weighted by atomic mass is 10.3. The van der Waals surface area contributed by atoms with Gasteiger partial charge in [-0.2, -0.15) is 0 Å². The van der Waals surface area contributed by atoms with Gasteiger partial charge in [-0.15, -0.1) is 0 Å². The number of amides is 1. The largest absolute Gasteiger partial charge is 0.457 e. The van der Waals surface area contributed by atoms with Gasteiger partial charge in [0, 0.05) is 19.3 Å². The fraction of sp³-hybridized carbons (Fsp3) is 0.235. The van der Waals surface area contributed by atoms with Crippen molar-refractivity contribution in [3.05, 3.63) is 54.6 Å². The molecule has 1 amide bonds. The van der Waals surface area contributed by atoms with E-state index in [1.165, 1.54) is 0 Å². The van der Waals surface area contributed by atoms with Crippen LogP contribution in [0.2, 0.25) is 0 Å². The topological polar surface area (TPSA) is 59.6 Å². The van der Waals surface area contributed by atoms with Crippen LogP contribution in [0.15, 0.2) is 54.6 Å². The lowest BCUT2D eigenvalue weighted by Crippen LogP contribution is -2.30. The van der Waals surface area contributed by atoms with Gasteiger partial charge >= 0.3 is 0 Å². The van der Waals surface area contributed by atoms with Crippen molar-refractivity contribution in [3.8, 4) is 11.5 Å². The van der Waals surface area contributed by atoms with Gasteiger partial charge in [0.15, 0.2) is 0 Å². The number of benzene rings is 2. The summed E-state index contributed by atoms with van der Waals surface area (Å²) in [5.74, 6) is 1.41. The molecule has 0 aliphatic heterocycles. The summed E-state index contributed by atoms with van der Waals surface area (Å²) in [4.78, 5) is 11.7. The molecule has 0 saturated heterocycles. The molecule has 116 valence electrons. The third-order valence-electron chi connectivity index (χ3n) is 2.89. The molecule has 0 spiro atoms. The van der Waals surface area contributed by atoms with Gasteiger partial charge in [-0.25, -0.2) is 0 Å². The van der Waals surface area contributed by atoms with Crippen LogP contribution < -0.4 is 15.4 Å². The Bertz CT molecular complexity index is 570. The molecule has 22 heavy (non-hydrogen) atoms. The fourth-order valence-corrected chi connectivity index (χ4v) is 1.81. The Kier molecular flexibility index (Phi) is 6.41. The first kappa shape index (κ1) is 16.0. The van der Waals surface area contributed by atoms with Crippen molar-refractivity contribution < 1.29 is 14.3 Å². The number of carbonyl (C=O) groups is 1. The predicted molar refractivity (Wildman–Crippen MR) is 86.3 cm³/mol. The summed E-state index contributed by atoms with van der Waals surface area (Å²) < 4.78 is 10.6. The van der Waals surface area contributed by atoms with Gasteiger partial charge in [-0.1, -0.05) is 18.2 Å². The van der Waals surface area contributed by atoms with Crippen LogP contribution in [0.3, 0.4) is 0 Å². The summed E-state index contributed by atoms with van der Waals surface area (Å²) in [6.45, 7) is 1.48. The molecule has 2 aromatic rings. The van der Waals surface area contributed by atoms with Crippen LogP contribution in [0.1, 0.15) is 0 Å². The first-order chi connectivity index (χ1) is 10.8. The minimum atomic E-state index is -0.0900. The average molecular weight is 300 g/mol. The number of rotatable bonds is 8. The molecule has 5 nitrogen and oxygen atoms in total. The predicted octanol–water partition coefficient (Wildman–Crippen LogP) is 2.65. The van der Waals surface area contributed by atoms with Gasteiger partial charge in [0.1, 0.15) is 11.5 Å². The molecule has 2 rings (SSSR count). The summed E-state index contributed by atoms with van der Waals surface area (Å²) in [5.41, 5.74) is 0.735. The lowest BCUT2D eigenvalue weighted by Gasteiger charge is -2.08. The first-order valence-electron chi connectivity index (χ1n) is 7.10. The van der Waals surface area contributed by atoms with Crippen LogP contribution in [-0.4, -0.2) is 32.7 Å². The molecule has 2 N–H and O–H groups in total. The van der Waals surface area contributed by atoms with Crippen LogP contribution in [0, 0.1) is 0 Å². The number of anilines is 1. The van der Waals surface area contributed by atoms with Crippen LogP contribution in [0.4, 0.5) is 5.69 Å². The summed E-state index contributed by atoms with van der Waals surface area (Å²) in [5, 5.41) is 5.80. The maximum Gasteiger partial charge on any atom is 0.238 e. The molecule has 0 heterocycles. The fourth-order valence-electron chi connectivity index (χ4n) is 1.81. The second kappa shape index (κ2) is 8.81. The van der Waals surface area contributed by atoms with E-state index in [0.29, 0.717) is 13.2 Å². The minimum absolute atomic E-state index is 0.0900. The molecule has 0 aromatic heterocycles. The van der Waals surface area contributed by atoms with Crippen molar-refractivity contribution in [1.82, 2.24) is 5.32 Å². The lowest BCUT2D eigenvalue weighted by molar-refractivity contribution is -0.115. The highest BCUT2D eigenvalue weighted by Crippen LogP contribution is 2.22. The molecule has 0 radical (unpaired) electrons. The molecule has 5 heteroatoms. The smallest absolute Gasteiger partial charge is 0.238 e. The average Bonchev–Trinajstić information content (AvgIpc) is 2.54. The van der Waals surface area contributed by atoms with Crippen LogP contribution in [0.5, 0.6) is 11.5 Å². The molecule has 0 saturated carbocycles. The molecular weight excluding hydrogens is 280 g/mol. The number of para-hydroxylation sites is 1. The third-order valence-corrected chi connectivity index (χ3v) is 2.89. The summed E-state index contributed by atoms with van der Waals surface area (Å²) in [7, 11) is 1.63. The zero-order valence-corrected chi connectivity index (χ0v) is 12.5. The van der Waals surface area contributed by atoms with E-state index in [4.69, 9.17) is 9.47 Å². The Morgan fingerprint density at radius 2 is 1.68 bits per heavy atom. The van der Waals surface area contributed by atoms with E-state index in [1.54, 1.807) is 7.11 Å². The Balaban J connectivity index is 1.80. The van der Waals surface area contributed by atoms with Gasteiger partial charge in [-0.3, -0.25) is 4.79 Å². The SMILES string of the molecule is COCCNCC(=O)Nc1ccc(Oc2ccccc2)cc1. The second-order valence-electron chi connectivity index (χ2n) is 4.66. The monoisotopic (exact) mass is 300 g/mol.